The van der Waals surface area contributed by atoms with Crippen LogP contribution in [0.2, 0.25) is 0 Å². The lowest BCUT2D eigenvalue weighted by Gasteiger charge is -2.07. The van der Waals surface area contributed by atoms with E-state index in [-0.39, 0.29) is 0 Å². The maximum atomic E-state index is 5.52. The summed E-state index contributed by atoms with van der Waals surface area (Å²) in [5, 5.41) is 6.02. The molecule has 0 radical (unpaired) electrons. The van der Waals surface area contributed by atoms with Gasteiger partial charge in [-0.2, -0.15) is 0 Å². The molecule has 2 heteroatoms. The molecular formula is C17H23NO. The molecule has 0 spiro atoms. The van der Waals surface area contributed by atoms with Gasteiger partial charge in [-0.25, -0.2) is 0 Å². The molecule has 0 bridgehead atoms. The number of hydrogen-bond acceptors (Lipinski definition) is 2. The summed E-state index contributed by atoms with van der Waals surface area (Å²) >= 11 is 0. The van der Waals surface area contributed by atoms with E-state index in [0.29, 0.717) is 0 Å². The smallest absolute Gasteiger partial charge is 0.0591 e. The molecule has 0 heterocycles. The van der Waals surface area contributed by atoms with Gasteiger partial charge in [0.05, 0.1) is 6.61 Å². The lowest BCUT2D eigenvalue weighted by atomic mass is 10.1. The minimum absolute atomic E-state index is 0.799. The molecule has 0 aliphatic rings. The Hall–Kier alpha value is -1.38. The van der Waals surface area contributed by atoms with Gasteiger partial charge in [0.15, 0.2) is 0 Å². The van der Waals surface area contributed by atoms with Gasteiger partial charge in [0, 0.05) is 19.7 Å². The molecule has 19 heavy (non-hydrogen) atoms. The fourth-order valence-corrected chi connectivity index (χ4v) is 2.07. The first-order valence-electron chi connectivity index (χ1n) is 7.16. The zero-order valence-corrected chi connectivity index (χ0v) is 11.7. The summed E-state index contributed by atoms with van der Waals surface area (Å²) in [5.41, 5.74) is 1.33. The summed E-state index contributed by atoms with van der Waals surface area (Å²) in [5.74, 6) is 0. The molecule has 1 N–H and O–H groups in total. The Balaban J connectivity index is 1.72. The molecule has 0 aromatic heterocycles. The van der Waals surface area contributed by atoms with E-state index in [1.165, 1.54) is 22.8 Å². The molecule has 2 aromatic carbocycles. The van der Waals surface area contributed by atoms with Gasteiger partial charge in [0.1, 0.15) is 0 Å². The highest BCUT2D eigenvalue weighted by molar-refractivity contribution is 5.82. The van der Waals surface area contributed by atoms with Crippen LogP contribution in [0.4, 0.5) is 0 Å². The molecule has 0 atom stereocenters. The Kier molecular flexibility index (Phi) is 5.86. The molecule has 0 saturated heterocycles. The van der Waals surface area contributed by atoms with E-state index in [4.69, 9.17) is 4.74 Å². The Morgan fingerprint density at radius 3 is 2.68 bits per heavy atom. The SMILES string of the molecule is CCCCOCCNCc1ccc2ccccc2c1. The fourth-order valence-electron chi connectivity index (χ4n) is 2.07. The van der Waals surface area contributed by atoms with Crippen molar-refractivity contribution in [3.8, 4) is 0 Å². The summed E-state index contributed by atoms with van der Waals surface area (Å²) < 4.78 is 5.52. The van der Waals surface area contributed by atoms with Crippen LogP contribution in [-0.4, -0.2) is 19.8 Å². The molecule has 2 aromatic rings. The summed E-state index contributed by atoms with van der Waals surface area (Å²) in [4.78, 5) is 0. The lowest BCUT2D eigenvalue weighted by molar-refractivity contribution is 0.133. The summed E-state index contributed by atoms with van der Waals surface area (Å²) in [7, 11) is 0. The summed E-state index contributed by atoms with van der Waals surface area (Å²) in [6, 6.07) is 15.1. The van der Waals surface area contributed by atoms with Gasteiger partial charge < -0.3 is 10.1 Å². The first-order valence-corrected chi connectivity index (χ1v) is 7.16. The second kappa shape index (κ2) is 7.93. The van der Waals surface area contributed by atoms with Crippen LogP contribution in [0.5, 0.6) is 0 Å². The van der Waals surface area contributed by atoms with Gasteiger partial charge in [-0.05, 0) is 28.8 Å². The molecular weight excluding hydrogens is 234 g/mol. The Morgan fingerprint density at radius 2 is 1.84 bits per heavy atom. The molecule has 0 unspecified atom stereocenters. The van der Waals surface area contributed by atoms with Gasteiger partial charge in [0.2, 0.25) is 0 Å². The highest BCUT2D eigenvalue weighted by Crippen LogP contribution is 2.15. The third-order valence-corrected chi connectivity index (χ3v) is 3.21. The van der Waals surface area contributed by atoms with E-state index in [2.05, 4.69) is 54.7 Å². The predicted molar refractivity (Wildman–Crippen MR) is 81.4 cm³/mol. The molecule has 0 amide bonds. The minimum atomic E-state index is 0.799. The van der Waals surface area contributed by atoms with E-state index in [1.807, 2.05) is 0 Å². The van der Waals surface area contributed by atoms with Crippen molar-refractivity contribution in [2.24, 2.45) is 0 Å². The monoisotopic (exact) mass is 257 g/mol. The van der Waals surface area contributed by atoms with Crippen LogP contribution in [0.3, 0.4) is 0 Å². The van der Waals surface area contributed by atoms with Crippen molar-refractivity contribution in [1.29, 1.82) is 0 Å². The zero-order chi connectivity index (χ0) is 13.3. The quantitative estimate of drug-likeness (QED) is 0.727. The standard InChI is InChI=1S/C17H23NO/c1-2-3-11-19-12-10-18-14-15-8-9-16-6-4-5-7-17(16)13-15/h4-9,13,18H,2-3,10-12,14H2,1H3. The second-order valence-corrected chi connectivity index (χ2v) is 4.82. The van der Waals surface area contributed by atoms with Gasteiger partial charge in [-0.3, -0.25) is 0 Å². The molecule has 0 aliphatic heterocycles. The molecule has 102 valence electrons. The van der Waals surface area contributed by atoms with E-state index < -0.39 is 0 Å². The number of hydrogen-bond donors (Lipinski definition) is 1. The molecule has 0 fully saturated rings. The Morgan fingerprint density at radius 1 is 1.00 bits per heavy atom. The third-order valence-electron chi connectivity index (χ3n) is 3.21. The van der Waals surface area contributed by atoms with Crippen LogP contribution in [0.1, 0.15) is 25.3 Å². The highest BCUT2D eigenvalue weighted by atomic mass is 16.5. The average molecular weight is 257 g/mol. The maximum absolute atomic E-state index is 5.52. The topological polar surface area (TPSA) is 21.3 Å². The minimum Gasteiger partial charge on any atom is -0.380 e. The predicted octanol–water partition coefficient (Wildman–Crippen LogP) is 3.75. The number of nitrogens with one attached hydrogen (secondary N) is 1. The van der Waals surface area contributed by atoms with E-state index in [9.17, 15) is 0 Å². The van der Waals surface area contributed by atoms with Crippen molar-refractivity contribution in [3.05, 3.63) is 48.0 Å². The van der Waals surface area contributed by atoms with Crippen molar-refractivity contribution in [2.45, 2.75) is 26.3 Å². The van der Waals surface area contributed by atoms with E-state index >= 15 is 0 Å². The van der Waals surface area contributed by atoms with Gasteiger partial charge in [0.25, 0.3) is 0 Å². The summed E-state index contributed by atoms with van der Waals surface area (Å²) in [6.45, 7) is 5.68. The van der Waals surface area contributed by atoms with Crippen LogP contribution < -0.4 is 5.32 Å². The molecule has 0 aliphatic carbocycles. The molecule has 2 nitrogen and oxygen atoms in total. The normalized spacial score (nSPS) is 11.0. The first kappa shape index (κ1) is 14.0. The average Bonchev–Trinajstić information content (AvgIpc) is 2.46. The number of unbranched alkanes of at least 4 members (excludes halogenated alkanes) is 1. The Bertz CT molecular complexity index is 495. The first-order chi connectivity index (χ1) is 9.40. The molecule has 0 saturated carbocycles. The van der Waals surface area contributed by atoms with Crippen molar-refractivity contribution in [2.75, 3.05) is 19.8 Å². The highest BCUT2D eigenvalue weighted by Gasteiger charge is 1.96. The zero-order valence-electron chi connectivity index (χ0n) is 11.7. The van der Waals surface area contributed by atoms with Crippen molar-refractivity contribution in [1.82, 2.24) is 5.32 Å². The van der Waals surface area contributed by atoms with Crippen LogP contribution in [-0.2, 0) is 11.3 Å². The van der Waals surface area contributed by atoms with Crippen LogP contribution in [0.15, 0.2) is 42.5 Å². The number of ether oxygens (including phenoxy) is 1. The summed E-state index contributed by atoms with van der Waals surface area (Å²) in [6.07, 6.45) is 2.36. The van der Waals surface area contributed by atoms with Gasteiger partial charge in [-0.15, -0.1) is 0 Å². The second-order valence-electron chi connectivity index (χ2n) is 4.82. The molecule has 2 rings (SSSR count). The van der Waals surface area contributed by atoms with E-state index in [1.54, 1.807) is 0 Å². The van der Waals surface area contributed by atoms with Crippen LogP contribution >= 0.6 is 0 Å². The van der Waals surface area contributed by atoms with Gasteiger partial charge in [-0.1, -0.05) is 49.7 Å². The van der Waals surface area contributed by atoms with Crippen molar-refractivity contribution >= 4 is 10.8 Å². The third kappa shape index (κ3) is 4.66. The van der Waals surface area contributed by atoms with E-state index in [0.717, 1.165) is 32.7 Å². The van der Waals surface area contributed by atoms with Gasteiger partial charge >= 0.3 is 0 Å². The van der Waals surface area contributed by atoms with Crippen LogP contribution in [0.25, 0.3) is 10.8 Å². The number of benzene rings is 2. The largest absolute Gasteiger partial charge is 0.380 e. The lowest BCUT2D eigenvalue weighted by Crippen LogP contribution is -2.19. The fraction of sp³-hybridized carbons (Fsp3) is 0.412. The van der Waals surface area contributed by atoms with Crippen LogP contribution in [0, 0.1) is 0 Å². The van der Waals surface area contributed by atoms with Crippen molar-refractivity contribution in [3.63, 3.8) is 0 Å². The number of fused-ring (bicyclic) bond motifs is 1. The van der Waals surface area contributed by atoms with Crippen molar-refractivity contribution < 1.29 is 4.74 Å². The Labute approximate surface area is 115 Å². The maximum Gasteiger partial charge on any atom is 0.0591 e. The number of rotatable bonds is 8.